The van der Waals surface area contributed by atoms with E-state index in [1.165, 1.54) is 0 Å². The number of hydrogen-bond acceptors (Lipinski definition) is 5. The minimum atomic E-state index is -0.760. The van der Waals surface area contributed by atoms with E-state index in [-0.39, 0.29) is 12.5 Å². The molecular weight excluding hydrogens is 198 g/mol. The summed E-state index contributed by atoms with van der Waals surface area (Å²) in [6, 6.07) is 3.31. The van der Waals surface area contributed by atoms with Gasteiger partial charge in [-0.1, -0.05) is 0 Å². The molecule has 0 radical (unpaired) electrons. The van der Waals surface area contributed by atoms with Gasteiger partial charge in [-0.15, -0.1) is 0 Å². The molecule has 1 aromatic carbocycles. The van der Waals surface area contributed by atoms with Crippen molar-refractivity contribution in [1.82, 2.24) is 5.32 Å². The van der Waals surface area contributed by atoms with Crippen LogP contribution in [0.25, 0.3) is 0 Å². The number of aliphatic hydroxyl groups is 1. The van der Waals surface area contributed by atoms with Crippen LogP contribution >= 0.6 is 0 Å². The van der Waals surface area contributed by atoms with Gasteiger partial charge in [-0.3, -0.25) is 0 Å². The molecule has 0 saturated carbocycles. The Hall–Kier alpha value is -1.46. The summed E-state index contributed by atoms with van der Waals surface area (Å²) in [6.45, 7) is 0.474. The molecule has 0 saturated heterocycles. The molecule has 0 aromatic heterocycles. The molecule has 15 heavy (non-hydrogen) atoms. The fraction of sp³-hybridized carbons (Fsp3) is 0.400. The first kappa shape index (κ1) is 10.1. The molecule has 1 aliphatic heterocycles. The Labute approximate surface area is 87.3 Å². The smallest absolute Gasteiger partial charge is 0.231 e. The number of likely N-dealkylation sites (N-methyl/N-ethyl adjacent to an activating group) is 1. The average Bonchev–Trinajstić information content (AvgIpc) is 2.67. The topological polar surface area (TPSA) is 71.0 Å². The van der Waals surface area contributed by atoms with Crippen LogP contribution in [0, 0.1) is 0 Å². The van der Waals surface area contributed by atoms with Crippen molar-refractivity contribution in [3.63, 3.8) is 0 Å². The second-order valence-electron chi connectivity index (χ2n) is 3.31. The minimum absolute atomic E-state index is 0.0484. The lowest BCUT2D eigenvalue weighted by molar-refractivity contribution is 0.165. The van der Waals surface area contributed by atoms with Gasteiger partial charge >= 0.3 is 0 Å². The summed E-state index contributed by atoms with van der Waals surface area (Å²) in [5.74, 6) is 0.767. The lowest BCUT2D eigenvalue weighted by Gasteiger charge is -2.12. The van der Waals surface area contributed by atoms with Gasteiger partial charge in [0.15, 0.2) is 11.5 Å². The van der Waals surface area contributed by atoms with Crippen molar-refractivity contribution < 1.29 is 19.7 Å². The highest BCUT2D eigenvalue weighted by Crippen LogP contribution is 2.43. The van der Waals surface area contributed by atoms with E-state index < -0.39 is 6.10 Å². The van der Waals surface area contributed by atoms with Gasteiger partial charge in [0.2, 0.25) is 12.5 Å². The van der Waals surface area contributed by atoms with Gasteiger partial charge < -0.3 is 25.0 Å². The number of aliphatic hydroxyl groups excluding tert-OH is 1. The number of nitrogens with one attached hydrogen (secondary N) is 1. The number of phenolic OH excluding ortho intramolecular Hbond substituents is 1. The number of aromatic hydroxyl groups is 1. The third-order valence-corrected chi connectivity index (χ3v) is 2.30. The number of ether oxygens (including phenoxy) is 2. The zero-order valence-electron chi connectivity index (χ0n) is 8.36. The average molecular weight is 211 g/mol. The number of benzene rings is 1. The fourth-order valence-corrected chi connectivity index (χ4v) is 1.55. The van der Waals surface area contributed by atoms with Crippen LogP contribution < -0.4 is 14.8 Å². The summed E-state index contributed by atoms with van der Waals surface area (Å²) < 4.78 is 10.2. The van der Waals surface area contributed by atoms with Crippen LogP contribution in [0.1, 0.15) is 11.7 Å². The summed E-state index contributed by atoms with van der Waals surface area (Å²) in [7, 11) is 1.73. The normalized spacial score (nSPS) is 15.3. The molecule has 1 atom stereocenters. The molecule has 0 amide bonds. The molecule has 0 bridgehead atoms. The van der Waals surface area contributed by atoms with E-state index in [0.717, 1.165) is 0 Å². The van der Waals surface area contributed by atoms with Gasteiger partial charge in [0.05, 0.1) is 6.10 Å². The van der Waals surface area contributed by atoms with E-state index in [1.54, 1.807) is 19.2 Å². The van der Waals surface area contributed by atoms with Crippen molar-refractivity contribution in [3.8, 4) is 17.2 Å². The molecule has 2 rings (SSSR count). The maximum Gasteiger partial charge on any atom is 0.231 e. The van der Waals surface area contributed by atoms with Crippen LogP contribution in [0.15, 0.2) is 12.1 Å². The predicted octanol–water partition coefficient (Wildman–Crippen LogP) is 0.374. The zero-order valence-corrected chi connectivity index (χ0v) is 8.36. The minimum Gasteiger partial charge on any atom is -0.504 e. The van der Waals surface area contributed by atoms with Crippen LogP contribution in [0.2, 0.25) is 0 Å². The SMILES string of the molecule is CNCC(O)c1ccc2c(c1O)OCO2. The number of hydrogen-bond donors (Lipinski definition) is 3. The largest absolute Gasteiger partial charge is 0.504 e. The standard InChI is InChI=1S/C10H13NO4/c1-11-4-7(12)6-2-3-8-10(9(6)13)15-5-14-8/h2-3,7,11-13H,4-5H2,1H3. The molecular formula is C10H13NO4. The molecule has 1 heterocycles. The Morgan fingerprint density at radius 2 is 2.27 bits per heavy atom. The Bertz CT molecular complexity index is 367. The first-order valence-electron chi connectivity index (χ1n) is 4.68. The highest BCUT2D eigenvalue weighted by molar-refractivity contribution is 5.56. The highest BCUT2D eigenvalue weighted by Gasteiger charge is 2.23. The maximum atomic E-state index is 9.81. The Morgan fingerprint density at radius 1 is 1.47 bits per heavy atom. The maximum absolute atomic E-state index is 9.81. The summed E-state index contributed by atoms with van der Waals surface area (Å²) in [5.41, 5.74) is 0.439. The Kier molecular flexibility index (Phi) is 2.66. The van der Waals surface area contributed by atoms with Gasteiger partial charge in [0, 0.05) is 12.1 Å². The molecule has 0 spiro atoms. The molecule has 0 aliphatic carbocycles. The highest BCUT2D eigenvalue weighted by atomic mass is 16.7. The molecule has 3 N–H and O–H groups in total. The van der Waals surface area contributed by atoms with Gasteiger partial charge in [0.25, 0.3) is 0 Å². The summed E-state index contributed by atoms with van der Waals surface area (Å²) in [5, 5.41) is 22.4. The summed E-state index contributed by atoms with van der Waals surface area (Å²) in [6.07, 6.45) is -0.760. The number of rotatable bonds is 3. The summed E-state index contributed by atoms with van der Waals surface area (Å²) >= 11 is 0. The van der Waals surface area contributed by atoms with Crippen LogP contribution in [0.5, 0.6) is 17.2 Å². The Morgan fingerprint density at radius 3 is 3.00 bits per heavy atom. The molecule has 5 nitrogen and oxygen atoms in total. The van der Waals surface area contributed by atoms with Crippen molar-refractivity contribution >= 4 is 0 Å². The van der Waals surface area contributed by atoms with Crippen molar-refractivity contribution in [2.75, 3.05) is 20.4 Å². The van der Waals surface area contributed by atoms with Crippen LogP contribution in [-0.4, -0.2) is 30.6 Å². The quantitative estimate of drug-likeness (QED) is 0.674. The van der Waals surface area contributed by atoms with E-state index in [2.05, 4.69) is 5.32 Å². The van der Waals surface area contributed by atoms with Gasteiger partial charge in [-0.05, 0) is 19.2 Å². The van der Waals surface area contributed by atoms with Crippen LogP contribution in [-0.2, 0) is 0 Å². The molecule has 1 aromatic rings. The van der Waals surface area contributed by atoms with Crippen LogP contribution in [0.4, 0.5) is 0 Å². The predicted molar refractivity (Wildman–Crippen MR) is 53.1 cm³/mol. The van der Waals surface area contributed by atoms with Gasteiger partial charge in [0.1, 0.15) is 0 Å². The van der Waals surface area contributed by atoms with E-state index >= 15 is 0 Å². The Balaban J connectivity index is 2.33. The summed E-state index contributed by atoms with van der Waals surface area (Å²) in [4.78, 5) is 0. The van der Waals surface area contributed by atoms with Crippen molar-refractivity contribution in [3.05, 3.63) is 17.7 Å². The monoisotopic (exact) mass is 211 g/mol. The molecule has 1 unspecified atom stereocenters. The third-order valence-electron chi connectivity index (χ3n) is 2.30. The first-order chi connectivity index (χ1) is 7.24. The van der Waals surface area contributed by atoms with E-state index in [9.17, 15) is 10.2 Å². The lowest BCUT2D eigenvalue weighted by Crippen LogP contribution is -2.16. The number of phenols is 1. The van der Waals surface area contributed by atoms with E-state index in [4.69, 9.17) is 9.47 Å². The van der Waals surface area contributed by atoms with Gasteiger partial charge in [-0.2, -0.15) is 0 Å². The lowest BCUT2D eigenvalue weighted by atomic mass is 10.1. The first-order valence-corrected chi connectivity index (χ1v) is 4.68. The van der Waals surface area contributed by atoms with Crippen molar-refractivity contribution in [2.45, 2.75) is 6.10 Å². The van der Waals surface area contributed by atoms with E-state index in [1.807, 2.05) is 0 Å². The second-order valence-corrected chi connectivity index (χ2v) is 3.31. The molecule has 82 valence electrons. The fourth-order valence-electron chi connectivity index (χ4n) is 1.55. The molecule has 1 aliphatic rings. The van der Waals surface area contributed by atoms with E-state index in [0.29, 0.717) is 23.6 Å². The molecule has 0 fully saturated rings. The third kappa shape index (κ3) is 1.71. The second kappa shape index (κ2) is 3.96. The van der Waals surface area contributed by atoms with Crippen molar-refractivity contribution in [2.24, 2.45) is 0 Å². The van der Waals surface area contributed by atoms with Crippen LogP contribution in [0.3, 0.4) is 0 Å². The zero-order chi connectivity index (χ0) is 10.8. The van der Waals surface area contributed by atoms with Gasteiger partial charge in [-0.25, -0.2) is 0 Å². The van der Waals surface area contributed by atoms with Crippen molar-refractivity contribution in [1.29, 1.82) is 0 Å². The number of fused-ring (bicyclic) bond motifs is 1. The molecule has 5 heteroatoms.